The monoisotopic (exact) mass is 302 g/mol. The van der Waals surface area contributed by atoms with Crippen molar-refractivity contribution in [3.05, 3.63) is 41.6 Å². The Hall–Kier alpha value is -1.61. The molecular formula is C17H19ClN2O. The van der Waals surface area contributed by atoms with E-state index in [0.717, 1.165) is 35.9 Å². The number of para-hydroxylation sites is 1. The summed E-state index contributed by atoms with van der Waals surface area (Å²) in [6.45, 7) is 2.57. The number of carbonyl (C=O) groups excluding carboxylic acids is 1. The maximum absolute atomic E-state index is 12.5. The molecule has 2 atom stereocenters. The number of nitrogens with zero attached hydrogens (tertiary/aromatic N) is 1. The van der Waals surface area contributed by atoms with Crippen LogP contribution in [0.25, 0.3) is 10.9 Å². The highest BCUT2D eigenvalue weighted by molar-refractivity contribution is 6.21. The number of nitrogens with one attached hydrogen (secondary N) is 1. The molecule has 0 aliphatic heterocycles. The standard InChI is InChI=1S/C17H19ClN2O/c1-11-9-14(13-6-2-3-8-16(13)20-11)17(21)19-10-12-5-4-7-15(12)18/h2-3,6,8-9,12,15H,4-5,7,10H2,1H3,(H,19,21). The Morgan fingerprint density at radius 3 is 2.95 bits per heavy atom. The first-order valence-electron chi connectivity index (χ1n) is 7.44. The SMILES string of the molecule is Cc1cc(C(=O)NCC2CCCC2Cl)c2ccccc2n1. The van der Waals surface area contributed by atoms with Crippen LogP contribution < -0.4 is 5.32 Å². The number of aryl methyl sites for hydroxylation is 1. The lowest BCUT2D eigenvalue weighted by molar-refractivity contribution is 0.0949. The minimum absolute atomic E-state index is 0.0348. The van der Waals surface area contributed by atoms with Gasteiger partial charge in [0.1, 0.15) is 0 Å². The maximum Gasteiger partial charge on any atom is 0.252 e. The summed E-state index contributed by atoms with van der Waals surface area (Å²) in [7, 11) is 0. The number of carbonyl (C=O) groups is 1. The minimum atomic E-state index is -0.0348. The Morgan fingerprint density at radius 2 is 2.19 bits per heavy atom. The van der Waals surface area contributed by atoms with Gasteiger partial charge in [-0.25, -0.2) is 0 Å². The van der Waals surface area contributed by atoms with Crippen molar-refractivity contribution in [3.8, 4) is 0 Å². The number of halogens is 1. The van der Waals surface area contributed by atoms with Crippen LogP contribution in [0.2, 0.25) is 0 Å². The van der Waals surface area contributed by atoms with Crippen molar-refractivity contribution >= 4 is 28.4 Å². The zero-order valence-electron chi connectivity index (χ0n) is 12.1. The van der Waals surface area contributed by atoms with Gasteiger partial charge < -0.3 is 5.32 Å². The van der Waals surface area contributed by atoms with Gasteiger partial charge >= 0.3 is 0 Å². The Morgan fingerprint density at radius 1 is 1.38 bits per heavy atom. The lowest BCUT2D eigenvalue weighted by Crippen LogP contribution is -2.31. The zero-order valence-corrected chi connectivity index (χ0v) is 12.9. The third-order valence-corrected chi connectivity index (χ3v) is 4.75. The van der Waals surface area contributed by atoms with E-state index in [-0.39, 0.29) is 11.3 Å². The van der Waals surface area contributed by atoms with Crippen molar-refractivity contribution in [2.45, 2.75) is 31.6 Å². The van der Waals surface area contributed by atoms with Crippen molar-refractivity contribution in [2.75, 3.05) is 6.54 Å². The highest BCUT2D eigenvalue weighted by Gasteiger charge is 2.25. The first-order valence-corrected chi connectivity index (χ1v) is 7.87. The molecule has 0 bridgehead atoms. The van der Waals surface area contributed by atoms with Gasteiger partial charge in [0.25, 0.3) is 5.91 Å². The number of benzene rings is 1. The lowest BCUT2D eigenvalue weighted by atomic mass is 10.1. The summed E-state index contributed by atoms with van der Waals surface area (Å²) >= 11 is 6.27. The normalized spacial score (nSPS) is 21.6. The smallest absolute Gasteiger partial charge is 0.252 e. The van der Waals surface area contributed by atoms with E-state index in [9.17, 15) is 4.79 Å². The van der Waals surface area contributed by atoms with Crippen LogP contribution in [0.1, 0.15) is 35.3 Å². The van der Waals surface area contributed by atoms with Crippen molar-refractivity contribution in [1.29, 1.82) is 0 Å². The molecule has 1 amide bonds. The fourth-order valence-electron chi connectivity index (χ4n) is 3.04. The molecular weight excluding hydrogens is 284 g/mol. The van der Waals surface area contributed by atoms with E-state index in [2.05, 4.69) is 10.3 Å². The van der Waals surface area contributed by atoms with Gasteiger partial charge in [-0.15, -0.1) is 11.6 Å². The van der Waals surface area contributed by atoms with Gasteiger partial charge in [0.15, 0.2) is 0 Å². The van der Waals surface area contributed by atoms with E-state index in [1.165, 1.54) is 0 Å². The molecule has 2 unspecified atom stereocenters. The van der Waals surface area contributed by atoms with Crippen LogP contribution in [0.15, 0.2) is 30.3 Å². The van der Waals surface area contributed by atoms with Crippen LogP contribution in [0.5, 0.6) is 0 Å². The third-order valence-electron chi connectivity index (χ3n) is 4.18. The van der Waals surface area contributed by atoms with Gasteiger partial charge in [-0.1, -0.05) is 24.6 Å². The molecule has 4 heteroatoms. The number of hydrogen-bond donors (Lipinski definition) is 1. The fraction of sp³-hybridized carbons (Fsp3) is 0.412. The second kappa shape index (κ2) is 6.02. The molecule has 1 aliphatic rings. The minimum Gasteiger partial charge on any atom is -0.352 e. The summed E-state index contributed by atoms with van der Waals surface area (Å²) in [6.07, 6.45) is 3.32. The molecule has 3 nitrogen and oxygen atoms in total. The summed E-state index contributed by atoms with van der Waals surface area (Å²) in [4.78, 5) is 17.0. The second-order valence-corrected chi connectivity index (χ2v) is 6.31. The summed E-state index contributed by atoms with van der Waals surface area (Å²) in [5.74, 6) is 0.359. The second-order valence-electron chi connectivity index (χ2n) is 5.75. The number of alkyl halides is 1. The molecule has 1 aliphatic carbocycles. The van der Waals surface area contributed by atoms with Crippen LogP contribution >= 0.6 is 11.6 Å². The van der Waals surface area contributed by atoms with Gasteiger partial charge in [-0.05, 0) is 37.8 Å². The molecule has 1 fully saturated rings. The fourth-order valence-corrected chi connectivity index (χ4v) is 3.41. The first-order chi connectivity index (χ1) is 10.1. The van der Waals surface area contributed by atoms with Gasteiger partial charge in [-0.3, -0.25) is 9.78 Å². The average Bonchev–Trinajstić information content (AvgIpc) is 2.89. The van der Waals surface area contributed by atoms with Gasteiger partial charge in [-0.2, -0.15) is 0 Å². The van der Waals surface area contributed by atoms with E-state index in [0.29, 0.717) is 18.0 Å². The highest BCUT2D eigenvalue weighted by atomic mass is 35.5. The maximum atomic E-state index is 12.5. The molecule has 3 rings (SSSR count). The van der Waals surface area contributed by atoms with Gasteiger partial charge in [0, 0.05) is 23.0 Å². The average molecular weight is 303 g/mol. The summed E-state index contributed by atoms with van der Waals surface area (Å²) in [6, 6.07) is 9.60. The predicted molar refractivity (Wildman–Crippen MR) is 85.8 cm³/mol. The van der Waals surface area contributed by atoms with Gasteiger partial charge in [0.2, 0.25) is 0 Å². The highest BCUT2D eigenvalue weighted by Crippen LogP contribution is 2.29. The number of amides is 1. The van der Waals surface area contributed by atoms with Crippen molar-refractivity contribution in [2.24, 2.45) is 5.92 Å². The number of pyridine rings is 1. The van der Waals surface area contributed by atoms with Crippen LogP contribution in [-0.2, 0) is 0 Å². The number of hydrogen-bond acceptors (Lipinski definition) is 2. The molecule has 1 heterocycles. The molecule has 110 valence electrons. The van der Waals surface area contributed by atoms with Crippen LogP contribution in [-0.4, -0.2) is 22.8 Å². The predicted octanol–water partition coefficient (Wildman–Crippen LogP) is 3.68. The topological polar surface area (TPSA) is 42.0 Å². The van der Waals surface area contributed by atoms with E-state index in [1.54, 1.807) is 0 Å². The van der Waals surface area contributed by atoms with Crippen molar-refractivity contribution in [3.63, 3.8) is 0 Å². The van der Waals surface area contributed by atoms with Crippen molar-refractivity contribution in [1.82, 2.24) is 10.3 Å². The summed E-state index contributed by atoms with van der Waals surface area (Å²) < 4.78 is 0. The molecule has 21 heavy (non-hydrogen) atoms. The van der Waals surface area contributed by atoms with Gasteiger partial charge in [0.05, 0.1) is 11.1 Å². The van der Waals surface area contributed by atoms with E-state index in [1.807, 2.05) is 37.3 Å². The Labute approximate surface area is 129 Å². The largest absolute Gasteiger partial charge is 0.352 e. The molecule has 0 radical (unpaired) electrons. The van der Waals surface area contributed by atoms with Crippen LogP contribution in [0.3, 0.4) is 0 Å². The van der Waals surface area contributed by atoms with Crippen LogP contribution in [0, 0.1) is 12.8 Å². The zero-order chi connectivity index (χ0) is 14.8. The van der Waals surface area contributed by atoms with E-state index >= 15 is 0 Å². The van der Waals surface area contributed by atoms with E-state index < -0.39 is 0 Å². The Balaban J connectivity index is 1.81. The molecule has 2 aromatic rings. The molecule has 1 saturated carbocycles. The van der Waals surface area contributed by atoms with E-state index in [4.69, 9.17) is 11.6 Å². The van der Waals surface area contributed by atoms with Crippen LogP contribution in [0.4, 0.5) is 0 Å². The Kier molecular flexibility index (Phi) is 4.11. The summed E-state index contributed by atoms with van der Waals surface area (Å²) in [5, 5.41) is 4.13. The van der Waals surface area contributed by atoms with Crippen molar-refractivity contribution < 1.29 is 4.79 Å². The number of fused-ring (bicyclic) bond motifs is 1. The summed E-state index contributed by atoms with van der Waals surface area (Å²) in [5.41, 5.74) is 2.41. The molecule has 1 N–H and O–H groups in total. The molecule has 1 aromatic heterocycles. The quantitative estimate of drug-likeness (QED) is 0.879. The Bertz CT molecular complexity index is 671. The number of rotatable bonds is 3. The molecule has 0 spiro atoms. The lowest BCUT2D eigenvalue weighted by Gasteiger charge is -2.15. The third kappa shape index (κ3) is 3.03. The molecule has 0 saturated heterocycles. The number of aromatic nitrogens is 1. The molecule has 1 aromatic carbocycles. The first kappa shape index (κ1) is 14.3.